The lowest BCUT2D eigenvalue weighted by Gasteiger charge is -2.40. The Balaban J connectivity index is 6.66. The van der Waals surface area contributed by atoms with Crippen molar-refractivity contribution in [2.75, 3.05) is 20.2 Å². The summed E-state index contributed by atoms with van der Waals surface area (Å²) in [5.74, 6) is -26.7. The molecular formula is C12H8F17NO7S. The van der Waals surface area contributed by atoms with Gasteiger partial charge in [0.15, 0.2) is 0 Å². The third-order valence-corrected chi connectivity index (χ3v) is 4.11. The van der Waals surface area contributed by atoms with Crippen molar-refractivity contribution in [2.45, 2.75) is 48.4 Å². The zero-order valence-corrected chi connectivity index (χ0v) is 17.9. The Hall–Kier alpha value is -1.93. The molecule has 2 unspecified atom stereocenters. The Labute approximate surface area is 197 Å². The molecule has 38 heavy (non-hydrogen) atoms. The van der Waals surface area contributed by atoms with Crippen molar-refractivity contribution in [2.24, 2.45) is 0 Å². The number of hydrogen-bond acceptors (Lipinski definition) is 6. The van der Waals surface area contributed by atoms with Crippen LogP contribution >= 0.6 is 0 Å². The molecule has 2 atom stereocenters. The Kier molecular flexibility index (Phi) is 9.71. The lowest BCUT2D eigenvalue weighted by molar-refractivity contribution is -0.548. The molecule has 0 aliphatic heterocycles. The van der Waals surface area contributed by atoms with E-state index in [1.165, 1.54) is 4.74 Å². The second-order valence-electron chi connectivity index (χ2n) is 6.47. The number of likely N-dealkylation sites (N-methyl/N-ethyl adjacent to an activating group) is 1. The molecule has 0 fully saturated rings. The SMILES string of the molecule is CN(CCOS(=O)(=O)O)C(=O)C(F)(OC(F)(F)C(F)(OC(F)(F)C(F)(F)C(F)(F)F)C(F)(F)F)C(F)(F)F. The van der Waals surface area contributed by atoms with Crippen molar-refractivity contribution in [3.63, 3.8) is 0 Å². The van der Waals surface area contributed by atoms with Crippen LogP contribution in [0.5, 0.6) is 0 Å². The van der Waals surface area contributed by atoms with Crippen LogP contribution in [-0.4, -0.2) is 92.4 Å². The molecule has 0 aromatic carbocycles. The molecule has 0 aromatic rings. The second kappa shape index (κ2) is 10.2. The molecule has 0 saturated heterocycles. The van der Waals surface area contributed by atoms with Gasteiger partial charge in [-0.15, -0.1) is 0 Å². The summed E-state index contributed by atoms with van der Waals surface area (Å²) in [6.07, 6.45) is -39.1. The quantitative estimate of drug-likeness (QED) is 0.270. The Morgan fingerprint density at radius 2 is 1.13 bits per heavy atom. The number of hydrogen-bond donors (Lipinski definition) is 1. The Morgan fingerprint density at radius 1 is 0.711 bits per heavy atom. The van der Waals surface area contributed by atoms with Gasteiger partial charge in [-0.2, -0.15) is 83.1 Å². The molecule has 0 rings (SSSR count). The summed E-state index contributed by atoms with van der Waals surface area (Å²) in [6, 6.07) is 0. The minimum atomic E-state index is -8.16. The van der Waals surface area contributed by atoms with Crippen LogP contribution in [0.25, 0.3) is 0 Å². The molecule has 0 bridgehead atoms. The van der Waals surface area contributed by atoms with Crippen LogP contribution in [0.4, 0.5) is 74.6 Å². The minimum absolute atomic E-state index is 0.0851. The van der Waals surface area contributed by atoms with Crippen molar-refractivity contribution in [1.82, 2.24) is 4.90 Å². The molecule has 0 aliphatic carbocycles. The Bertz CT molecular complexity index is 962. The number of nitrogens with zero attached hydrogens (tertiary/aromatic N) is 1. The van der Waals surface area contributed by atoms with Gasteiger partial charge in [-0.25, -0.2) is 4.18 Å². The molecule has 26 heteroatoms. The average Bonchev–Trinajstić information content (AvgIpc) is 2.62. The number of amides is 1. The van der Waals surface area contributed by atoms with Gasteiger partial charge in [0.05, 0.1) is 6.61 Å². The highest BCUT2D eigenvalue weighted by Gasteiger charge is 2.85. The van der Waals surface area contributed by atoms with Gasteiger partial charge in [0.1, 0.15) is 0 Å². The predicted molar refractivity (Wildman–Crippen MR) is 78.0 cm³/mol. The van der Waals surface area contributed by atoms with Gasteiger partial charge in [-0.05, 0) is 0 Å². The van der Waals surface area contributed by atoms with Crippen LogP contribution in [0.2, 0.25) is 0 Å². The summed E-state index contributed by atoms with van der Waals surface area (Å²) in [7, 11) is -5.51. The number of alkyl halides is 17. The van der Waals surface area contributed by atoms with E-state index in [-0.39, 0.29) is 7.05 Å². The number of carbonyl (C=O) groups is 1. The fourth-order valence-corrected chi connectivity index (χ4v) is 2.06. The van der Waals surface area contributed by atoms with Crippen molar-refractivity contribution in [1.29, 1.82) is 0 Å². The summed E-state index contributed by atoms with van der Waals surface area (Å²) in [5.41, 5.74) is 0. The summed E-state index contributed by atoms with van der Waals surface area (Å²) in [4.78, 5) is 10.8. The first-order chi connectivity index (χ1) is 16.2. The van der Waals surface area contributed by atoms with E-state index in [1.54, 1.807) is 0 Å². The first kappa shape index (κ1) is 36.1. The molecular weight excluding hydrogens is 625 g/mol. The summed E-state index contributed by atoms with van der Waals surface area (Å²) in [6.45, 7) is -3.33. The number of ether oxygens (including phenoxy) is 2. The summed E-state index contributed by atoms with van der Waals surface area (Å²) >= 11 is 0. The normalized spacial score (nSPS) is 18.1. The predicted octanol–water partition coefficient (Wildman–Crippen LogP) is 4.14. The molecule has 0 aliphatic rings. The van der Waals surface area contributed by atoms with Crippen LogP contribution in [-0.2, 0) is 28.9 Å². The van der Waals surface area contributed by atoms with Crippen molar-refractivity contribution in [3.05, 3.63) is 0 Å². The standard InChI is InChI=1S/C12H8F17NO7S/c1-30(2-3-35-38(32,33)34)4(31)5(13,8(17,18)19)36-12(28,29)7(16,10(23,24)25)37-11(26,27)6(14,15)9(20,21)22/h2-3H2,1H3,(H,32,33,34). The highest BCUT2D eigenvalue weighted by molar-refractivity contribution is 7.80. The van der Waals surface area contributed by atoms with Crippen molar-refractivity contribution >= 4 is 16.3 Å². The van der Waals surface area contributed by atoms with Crippen LogP contribution in [0.3, 0.4) is 0 Å². The average molecular weight is 633 g/mol. The van der Waals surface area contributed by atoms with Crippen molar-refractivity contribution < 1.29 is 106 Å². The molecule has 0 radical (unpaired) electrons. The Morgan fingerprint density at radius 3 is 1.45 bits per heavy atom. The molecule has 0 saturated carbocycles. The monoisotopic (exact) mass is 633 g/mol. The van der Waals surface area contributed by atoms with Gasteiger partial charge in [0, 0.05) is 13.6 Å². The van der Waals surface area contributed by atoms with Gasteiger partial charge < -0.3 is 4.90 Å². The molecule has 0 aromatic heterocycles. The van der Waals surface area contributed by atoms with E-state index in [9.17, 15) is 87.8 Å². The van der Waals surface area contributed by atoms with Gasteiger partial charge in [-0.3, -0.25) is 18.8 Å². The van der Waals surface area contributed by atoms with Crippen LogP contribution in [0, 0.1) is 0 Å². The number of carbonyl (C=O) groups excluding carboxylic acids is 1. The van der Waals surface area contributed by atoms with Crippen molar-refractivity contribution in [3.8, 4) is 0 Å². The molecule has 0 spiro atoms. The lowest BCUT2D eigenvalue weighted by atomic mass is 10.2. The zero-order chi connectivity index (χ0) is 31.2. The van der Waals surface area contributed by atoms with E-state index in [0.29, 0.717) is 0 Å². The molecule has 1 N–H and O–H groups in total. The van der Waals surface area contributed by atoms with E-state index < -0.39 is 82.7 Å². The van der Waals surface area contributed by atoms with Gasteiger partial charge in [-0.1, -0.05) is 0 Å². The van der Waals surface area contributed by atoms with E-state index in [4.69, 9.17) is 4.55 Å². The van der Waals surface area contributed by atoms with E-state index in [0.717, 1.165) is 0 Å². The smallest absolute Gasteiger partial charge is 0.338 e. The maximum atomic E-state index is 14.3. The fraction of sp³-hybridized carbons (Fsp3) is 0.917. The van der Waals surface area contributed by atoms with Gasteiger partial charge >= 0.3 is 58.8 Å². The maximum Gasteiger partial charge on any atom is 0.462 e. The van der Waals surface area contributed by atoms with E-state index >= 15 is 0 Å². The van der Waals surface area contributed by atoms with Crippen LogP contribution in [0.15, 0.2) is 0 Å². The van der Waals surface area contributed by atoms with Crippen LogP contribution in [0.1, 0.15) is 0 Å². The topological polar surface area (TPSA) is 102 Å². The number of rotatable bonds is 11. The maximum absolute atomic E-state index is 14.3. The largest absolute Gasteiger partial charge is 0.462 e. The summed E-state index contributed by atoms with van der Waals surface area (Å²) in [5, 5.41) is 0. The molecule has 8 nitrogen and oxygen atoms in total. The zero-order valence-electron chi connectivity index (χ0n) is 17.1. The van der Waals surface area contributed by atoms with Gasteiger partial charge in [0.2, 0.25) is 0 Å². The number of halogens is 17. The van der Waals surface area contributed by atoms with E-state index in [2.05, 4.69) is 4.18 Å². The van der Waals surface area contributed by atoms with Gasteiger partial charge in [0.25, 0.3) is 5.91 Å². The lowest BCUT2D eigenvalue weighted by Crippen LogP contribution is -2.68. The molecule has 228 valence electrons. The summed E-state index contributed by atoms with van der Waals surface area (Å²) < 4.78 is 257. The highest BCUT2D eigenvalue weighted by Crippen LogP contribution is 2.56. The minimum Gasteiger partial charge on any atom is -0.338 e. The van der Waals surface area contributed by atoms with E-state index in [1.807, 2.05) is 4.74 Å². The third kappa shape index (κ3) is 7.17. The van der Waals surface area contributed by atoms with Crippen LogP contribution < -0.4 is 0 Å². The molecule has 0 heterocycles. The second-order valence-corrected chi connectivity index (χ2v) is 7.56. The highest BCUT2D eigenvalue weighted by atomic mass is 32.3. The first-order valence-electron chi connectivity index (χ1n) is 8.19. The fourth-order valence-electron chi connectivity index (χ4n) is 1.78. The molecule has 1 amide bonds. The third-order valence-electron chi connectivity index (χ3n) is 3.64. The first-order valence-corrected chi connectivity index (χ1v) is 9.56.